The van der Waals surface area contributed by atoms with Crippen LogP contribution in [0.3, 0.4) is 0 Å². The highest BCUT2D eigenvalue weighted by Crippen LogP contribution is 2.36. The van der Waals surface area contributed by atoms with Gasteiger partial charge in [0.15, 0.2) is 6.10 Å². The number of nitrogens with one attached hydrogen (secondary N) is 1. The van der Waals surface area contributed by atoms with E-state index in [2.05, 4.69) is 5.32 Å². The number of ether oxygens (including phenoxy) is 2. The van der Waals surface area contributed by atoms with Gasteiger partial charge in [-0.05, 0) is 55.5 Å². The van der Waals surface area contributed by atoms with Crippen LogP contribution in [0, 0.1) is 0 Å². The molecule has 7 heteroatoms. The number of nitrogens with zero attached hydrogens (tertiary/aromatic N) is 1. The van der Waals surface area contributed by atoms with Crippen LogP contribution < -0.4 is 19.7 Å². The maximum Gasteiger partial charge on any atom is 0.267 e. The van der Waals surface area contributed by atoms with Crippen LogP contribution in [0.15, 0.2) is 72.8 Å². The van der Waals surface area contributed by atoms with Gasteiger partial charge in [-0.2, -0.15) is 0 Å². The predicted molar refractivity (Wildman–Crippen MR) is 120 cm³/mol. The number of carbonyl (C=O) groups excluding carboxylic acids is 2. The average Bonchev–Trinajstić information content (AvgIpc) is 2.77. The first kappa shape index (κ1) is 20.8. The number of rotatable bonds is 6. The van der Waals surface area contributed by atoms with Crippen LogP contribution >= 0.6 is 11.6 Å². The monoisotopic (exact) mass is 436 g/mol. The molecule has 0 saturated heterocycles. The molecule has 31 heavy (non-hydrogen) atoms. The molecule has 0 bridgehead atoms. The maximum atomic E-state index is 12.7. The highest BCUT2D eigenvalue weighted by molar-refractivity contribution is 6.30. The van der Waals surface area contributed by atoms with E-state index in [-0.39, 0.29) is 11.8 Å². The number of carbonyl (C=O) groups is 2. The van der Waals surface area contributed by atoms with E-state index >= 15 is 0 Å². The van der Waals surface area contributed by atoms with Gasteiger partial charge in [-0.15, -0.1) is 0 Å². The fraction of sp³-hybridized carbons (Fsp3) is 0.167. The summed E-state index contributed by atoms with van der Waals surface area (Å²) in [7, 11) is 0. The van der Waals surface area contributed by atoms with Crippen LogP contribution in [0.25, 0.3) is 0 Å². The van der Waals surface area contributed by atoms with Gasteiger partial charge in [-0.3, -0.25) is 9.59 Å². The molecule has 2 amide bonds. The number of para-hydroxylation sites is 1. The van der Waals surface area contributed by atoms with E-state index in [1.807, 2.05) is 30.3 Å². The number of benzene rings is 3. The Morgan fingerprint density at radius 2 is 1.84 bits per heavy atom. The molecule has 1 N–H and O–H groups in total. The quantitative estimate of drug-likeness (QED) is 0.603. The minimum atomic E-state index is -0.633. The summed E-state index contributed by atoms with van der Waals surface area (Å²) in [6, 6.07) is 21.3. The molecule has 0 radical (unpaired) electrons. The maximum absolute atomic E-state index is 12.7. The summed E-state index contributed by atoms with van der Waals surface area (Å²) in [5.41, 5.74) is 1.70. The minimum Gasteiger partial charge on any atom is -0.492 e. The summed E-state index contributed by atoms with van der Waals surface area (Å²) in [6.07, 6.45) is -0.633. The molecule has 0 aliphatic carbocycles. The summed E-state index contributed by atoms with van der Waals surface area (Å²) >= 11 is 5.88. The van der Waals surface area contributed by atoms with Crippen LogP contribution in [0.4, 0.5) is 11.4 Å². The van der Waals surface area contributed by atoms with Crippen molar-refractivity contribution in [2.24, 2.45) is 0 Å². The molecule has 4 rings (SSSR count). The molecule has 0 aromatic heterocycles. The Kier molecular flexibility index (Phi) is 6.09. The Bertz CT molecular complexity index is 1090. The van der Waals surface area contributed by atoms with E-state index < -0.39 is 6.10 Å². The van der Waals surface area contributed by atoms with E-state index in [0.29, 0.717) is 40.9 Å². The molecule has 6 nitrogen and oxygen atoms in total. The normalized spacial score (nSPS) is 15.1. The zero-order chi connectivity index (χ0) is 21.8. The molecule has 1 atom stereocenters. The third-order valence-electron chi connectivity index (χ3n) is 4.86. The van der Waals surface area contributed by atoms with Crippen molar-refractivity contribution in [3.8, 4) is 11.5 Å². The van der Waals surface area contributed by atoms with Gasteiger partial charge >= 0.3 is 0 Å². The largest absolute Gasteiger partial charge is 0.492 e. The van der Waals surface area contributed by atoms with Crippen LogP contribution in [0.1, 0.15) is 17.3 Å². The highest BCUT2D eigenvalue weighted by atomic mass is 35.5. The lowest BCUT2D eigenvalue weighted by Crippen LogP contribution is -2.46. The SMILES string of the molecule is CC1Oc2cc(NC(=O)c3ccc(Cl)cc3)ccc2N(CCOc2ccccc2)C1=O. The number of fused-ring (bicyclic) bond motifs is 1. The Hall–Kier alpha value is -3.51. The molecule has 3 aromatic rings. The molecule has 0 spiro atoms. The molecule has 3 aromatic carbocycles. The number of hydrogen-bond acceptors (Lipinski definition) is 4. The summed E-state index contributed by atoms with van der Waals surface area (Å²) in [6.45, 7) is 2.43. The highest BCUT2D eigenvalue weighted by Gasteiger charge is 2.31. The van der Waals surface area contributed by atoms with Crippen molar-refractivity contribution in [1.29, 1.82) is 0 Å². The second kappa shape index (κ2) is 9.10. The van der Waals surface area contributed by atoms with E-state index in [9.17, 15) is 9.59 Å². The molecule has 0 fully saturated rings. The zero-order valence-electron chi connectivity index (χ0n) is 16.9. The molecule has 1 aliphatic rings. The smallest absolute Gasteiger partial charge is 0.267 e. The third kappa shape index (κ3) is 4.81. The summed E-state index contributed by atoms with van der Waals surface area (Å²) < 4.78 is 11.5. The molecule has 0 saturated carbocycles. The Labute approximate surface area is 185 Å². The van der Waals surface area contributed by atoms with Gasteiger partial charge in [0.25, 0.3) is 11.8 Å². The van der Waals surface area contributed by atoms with E-state index in [4.69, 9.17) is 21.1 Å². The van der Waals surface area contributed by atoms with Crippen LogP contribution in [0.2, 0.25) is 5.02 Å². The zero-order valence-corrected chi connectivity index (χ0v) is 17.6. The van der Waals surface area contributed by atoms with Gasteiger partial charge in [0, 0.05) is 22.3 Å². The minimum absolute atomic E-state index is 0.137. The second-order valence-electron chi connectivity index (χ2n) is 7.05. The molecule has 1 aliphatic heterocycles. The predicted octanol–water partition coefficient (Wildman–Crippen LogP) is 4.79. The van der Waals surface area contributed by atoms with Crippen molar-refractivity contribution >= 4 is 34.8 Å². The lowest BCUT2D eigenvalue weighted by atomic mass is 10.1. The fourth-order valence-electron chi connectivity index (χ4n) is 3.29. The topological polar surface area (TPSA) is 67.9 Å². The Balaban J connectivity index is 1.48. The van der Waals surface area contributed by atoms with E-state index in [0.717, 1.165) is 5.75 Å². The first-order valence-corrected chi connectivity index (χ1v) is 10.3. The standard InChI is InChI=1S/C24H21ClN2O4/c1-16-24(29)27(13-14-30-20-5-3-2-4-6-20)21-12-11-19(15-22(21)31-16)26-23(28)17-7-9-18(25)10-8-17/h2-12,15-16H,13-14H2,1H3,(H,26,28). The van der Waals surface area contributed by atoms with Crippen molar-refractivity contribution in [2.75, 3.05) is 23.4 Å². The number of amides is 2. The molecule has 1 heterocycles. The van der Waals surface area contributed by atoms with Crippen molar-refractivity contribution < 1.29 is 19.1 Å². The van der Waals surface area contributed by atoms with Gasteiger partial charge < -0.3 is 19.7 Å². The lowest BCUT2D eigenvalue weighted by Gasteiger charge is -2.33. The summed E-state index contributed by atoms with van der Waals surface area (Å²) in [5.74, 6) is 0.879. The van der Waals surface area contributed by atoms with Gasteiger partial charge in [0.2, 0.25) is 0 Å². The van der Waals surface area contributed by atoms with Gasteiger partial charge in [-0.25, -0.2) is 0 Å². The van der Waals surface area contributed by atoms with Gasteiger partial charge in [0.1, 0.15) is 18.1 Å². The van der Waals surface area contributed by atoms with Crippen molar-refractivity contribution in [3.63, 3.8) is 0 Å². The fourth-order valence-corrected chi connectivity index (χ4v) is 3.42. The van der Waals surface area contributed by atoms with Crippen molar-refractivity contribution in [1.82, 2.24) is 0 Å². The van der Waals surface area contributed by atoms with Crippen LogP contribution in [-0.2, 0) is 4.79 Å². The number of anilines is 2. The molecule has 1 unspecified atom stereocenters. The first-order valence-electron chi connectivity index (χ1n) is 9.88. The summed E-state index contributed by atoms with van der Waals surface area (Å²) in [4.78, 5) is 26.8. The van der Waals surface area contributed by atoms with Gasteiger partial charge in [-0.1, -0.05) is 29.8 Å². The number of halogens is 1. The molecular formula is C24H21ClN2O4. The van der Waals surface area contributed by atoms with Crippen molar-refractivity contribution in [2.45, 2.75) is 13.0 Å². The van der Waals surface area contributed by atoms with Crippen molar-refractivity contribution in [3.05, 3.63) is 83.4 Å². The average molecular weight is 437 g/mol. The van der Waals surface area contributed by atoms with Gasteiger partial charge in [0.05, 0.1) is 12.2 Å². The van der Waals surface area contributed by atoms with E-state index in [1.54, 1.807) is 54.3 Å². The van der Waals surface area contributed by atoms with E-state index in [1.165, 1.54) is 0 Å². The number of hydrogen-bond donors (Lipinski definition) is 1. The Morgan fingerprint density at radius 1 is 1.10 bits per heavy atom. The summed E-state index contributed by atoms with van der Waals surface area (Å²) in [5, 5.41) is 3.41. The third-order valence-corrected chi connectivity index (χ3v) is 5.11. The van der Waals surface area contributed by atoms with Crippen LogP contribution in [0.5, 0.6) is 11.5 Å². The second-order valence-corrected chi connectivity index (χ2v) is 7.49. The Morgan fingerprint density at radius 3 is 2.58 bits per heavy atom. The molecular weight excluding hydrogens is 416 g/mol. The lowest BCUT2D eigenvalue weighted by molar-refractivity contribution is -0.125. The molecule has 158 valence electrons. The first-order chi connectivity index (χ1) is 15.0. The van der Waals surface area contributed by atoms with Crippen LogP contribution in [-0.4, -0.2) is 31.1 Å².